The van der Waals surface area contributed by atoms with E-state index in [2.05, 4.69) is 20.0 Å². The van der Waals surface area contributed by atoms with Crippen molar-refractivity contribution in [1.82, 2.24) is 9.97 Å². The molecule has 1 aromatic heterocycles. The van der Waals surface area contributed by atoms with Gasteiger partial charge in [-0.05, 0) is 36.5 Å². The van der Waals surface area contributed by atoms with E-state index in [9.17, 15) is 18.7 Å². The predicted molar refractivity (Wildman–Crippen MR) is 105 cm³/mol. The Morgan fingerprint density at radius 1 is 1.38 bits per heavy atom. The average Bonchev–Trinajstić information content (AvgIpc) is 3.50. The van der Waals surface area contributed by atoms with Crippen molar-refractivity contribution in [3.63, 3.8) is 0 Å². The van der Waals surface area contributed by atoms with Crippen molar-refractivity contribution in [1.29, 1.82) is 5.41 Å². The van der Waals surface area contributed by atoms with E-state index in [0.717, 1.165) is 18.4 Å². The lowest BCUT2D eigenvalue weighted by Crippen LogP contribution is -2.28. The number of H-pyrrole nitrogens is 1. The molecular formula is C19H23F2N5O3. The van der Waals surface area contributed by atoms with Crippen molar-refractivity contribution in [2.24, 2.45) is 5.92 Å². The number of benzene rings is 1. The Kier molecular flexibility index (Phi) is 6.12. The molecular weight excluding hydrogens is 384 g/mol. The lowest BCUT2D eigenvalue weighted by Gasteiger charge is -2.22. The minimum absolute atomic E-state index is 0.0265. The summed E-state index contributed by atoms with van der Waals surface area (Å²) >= 11 is 0. The first-order valence-corrected chi connectivity index (χ1v) is 9.11. The Labute approximate surface area is 166 Å². The van der Waals surface area contributed by atoms with Gasteiger partial charge in [-0.1, -0.05) is 12.1 Å². The van der Waals surface area contributed by atoms with Crippen LogP contribution in [0.1, 0.15) is 30.0 Å². The first-order chi connectivity index (χ1) is 13.8. The number of aromatic nitrogens is 2. The predicted octanol–water partition coefficient (Wildman–Crippen LogP) is 2.36. The van der Waals surface area contributed by atoms with Gasteiger partial charge in [-0.25, -0.2) is 0 Å². The van der Waals surface area contributed by atoms with Crippen LogP contribution >= 0.6 is 0 Å². The molecule has 3 rings (SSSR count). The molecule has 8 nitrogen and oxygen atoms in total. The maximum absolute atomic E-state index is 12.5. The van der Waals surface area contributed by atoms with E-state index >= 15 is 0 Å². The molecule has 4 N–H and O–H groups in total. The molecule has 1 fully saturated rings. The molecule has 1 aromatic carbocycles. The highest BCUT2D eigenvalue weighted by molar-refractivity contribution is 6.02. The van der Waals surface area contributed by atoms with Gasteiger partial charge in [0.15, 0.2) is 0 Å². The first kappa shape index (κ1) is 20.7. The van der Waals surface area contributed by atoms with Gasteiger partial charge >= 0.3 is 6.61 Å². The standard InChI is InChI=1S/C19H23F2N5O3/c1-26(2)19-24-16(14(13(22)9-27)17(28)25-19)23-15(10-3-4-10)11-5-7-12(8-6-11)29-18(20)21/h5-8,10,15,18,22,27H,3-4,9H2,1-2H3,(H2,23,24,25,28). The fourth-order valence-corrected chi connectivity index (χ4v) is 3.04. The minimum Gasteiger partial charge on any atom is -0.435 e. The minimum atomic E-state index is -2.89. The third kappa shape index (κ3) is 4.89. The van der Waals surface area contributed by atoms with Crippen LogP contribution in [0.15, 0.2) is 29.1 Å². The summed E-state index contributed by atoms with van der Waals surface area (Å²) in [7, 11) is 3.44. The quantitative estimate of drug-likeness (QED) is 0.475. The molecule has 2 aromatic rings. The van der Waals surface area contributed by atoms with Crippen LogP contribution in [0.2, 0.25) is 0 Å². The maximum atomic E-state index is 12.5. The molecule has 0 saturated heterocycles. The second kappa shape index (κ2) is 8.56. The van der Waals surface area contributed by atoms with Crippen LogP contribution in [0, 0.1) is 11.3 Å². The van der Waals surface area contributed by atoms with E-state index < -0.39 is 18.8 Å². The topological polar surface area (TPSA) is 114 Å². The van der Waals surface area contributed by atoms with E-state index in [1.165, 1.54) is 12.1 Å². The lowest BCUT2D eigenvalue weighted by atomic mass is 10.0. The summed E-state index contributed by atoms with van der Waals surface area (Å²) in [5.41, 5.74) is 0.0211. The lowest BCUT2D eigenvalue weighted by molar-refractivity contribution is -0.0498. The number of hydrogen-bond acceptors (Lipinski definition) is 7. The largest absolute Gasteiger partial charge is 0.435 e. The molecule has 0 spiro atoms. The number of ether oxygens (including phenoxy) is 1. The summed E-state index contributed by atoms with van der Waals surface area (Å²) in [6, 6.07) is 6.07. The van der Waals surface area contributed by atoms with Gasteiger partial charge in [-0.2, -0.15) is 13.8 Å². The average molecular weight is 407 g/mol. The van der Waals surface area contributed by atoms with Crippen molar-refractivity contribution in [3.05, 3.63) is 45.7 Å². The summed E-state index contributed by atoms with van der Waals surface area (Å²) in [5.74, 6) is 0.839. The van der Waals surface area contributed by atoms with Gasteiger partial charge in [0, 0.05) is 14.1 Å². The van der Waals surface area contributed by atoms with Crippen LogP contribution in [0.5, 0.6) is 5.75 Å². The number of aliphatic hydroxyl groups is 1. The van der Waals surface area contributed by atoms with E-state index in [-0.39, 0.29) is 34.8 Å². The van der Waals surface area contributed by atoms with Crippen LogP contribution in [0.3, 0.4) is 0 Å². The SMILES string of the molecule is CN(C)c1nc(NC(c2ccc(OC(F)F)cc2)C2CC2)c(C(=N)CO)c(=O)[nH]1. The molecule has 0 amide bonds. The molecule has 156 valence electrons. The normalized spacial score (nSPS) is 14.6. The molecule has 1 heterocycles. The number of hydrogen-bond donors (Lipinski definition) is 4. The summed E-state index contributed by atoms with van der Waals surface area (Å²) < 4.78 is 29.2. The highest BCUT2D eigenvalue weighted by Crippen LogP contribution is 2.43. The van der Waals surface area contributed by atoms with Crippen LogP contribution in [0.25, 0.3) is 0 Å². The number of nitrogens with one attached hydrogen (secondary N) is 3. The van der Waals surface area contributed by atoms with Crippen LogP contribution in [-0.4, -0.2) is 48.1 Å². The monoisotopic (exact) mass is 407 g/mol. The fraction of sp³-hybridized carbons (Fsp3) is 0.421. The maximum Gasteiger partial charge on any atom is 0.387 e. The van der Waals surface area contributed by atoms with Gasteiger partial charge in [-0.15, -0.1) is 0 Å². The number of rotatable bonds is 9. The van der Waals surface area contributed by atoms with Crippen LogP contribution in [-0.2, 0) is 0 Å². The number of nitrogens with zero attached hydrogens (tertiary/aromatic N) is 2. The fourth-order valence-electron chi connectivity index (χ4n) is 3.04. The molecule has 10 heteroatoms. The molecule has 1 aliphatic carbocycles. The zero-order valence-electron chi connectivity index (χ0n) is 16.1. The van der Waals surface area contributed by atoms with E-state index in [4.69, 9.17) is 5.41 Å². The van der Waals surface area contributed by atoms with Gasteiger partial charge in [0.2, 0.25) is 5.95 Å². The van der Waals surface area contributed by atoms with Gasteiger partial charge in [0.1, 0.15) is 17.1 Å². The molecule has 0 radical (unpaired) electrons. The summed E-state index contributed by atoms with van der Waals surface area (Å²) in [6.45, 7) is -3.50. The second-order valence-corrected chi connectivity index (χ2v) is 7.05. The zero-order valence-corrected chi connectivity index (χ0v) is 16.1. The number of alkyl halides is 2. The van der Waals surface area contributed by atoms with Gasteiger partial charge in [0.05, 0.1) is 18.4 Å². The third-order valence-electron chi connectivity index (χ3n) is 4.64. The number of anilines is 2. The van der Waals surface area contributed by atoms with Crippen LogP contribution in [0.4, 0.5) is 20.5 Å². The molecule has 29 heavy (non-hydrogen) atoms. The highest BCUT2D eigenvalue weighted by atomic mass is 19.3. The van der Waals surface area contributed by atoms with Crippen LogP contribution < -0.4 is 20.5 Å². The Balaban J connectivity index is 1.96. The Morgan fingerprint density at radius 3 is 2.55 bits per heavy atom. The Hall–Kier alpha value is -3.01. The molecule has 1 atom stereocenters. The molecule has 0 bridgehead atoms. The summed E-state index contributed by atoms with van der Waals surface area (Å²) in [6.07, 6.45) is 1.92. The Bertz CT molecular complexity index is 926. The second-order valence-electron chi connectivity index (χ2n) is 7.05. The third-order valence-corrected chi connectivity index (χ3v) is 4.64. The smallest absolute Gasteiger partial charge is 0.387 e. The number of aliphatic hydroxyl groups excluding tert-OH is 1. The van der Waals surface area contributed by atoms with Crippen molar-refractivity contribution in [3.8, 4) is 5.75 Å². The molecule has 1 saturated carbocycles. The molecule has 1 aliphatic rings. The zero-order chi connectivity index (χ0) is 21.1. The Morgan fingerprint density at radius 2 is 2.03 bits per heavy atom. The summed E-state index contributed by atoms with van der Waals surface area (Å²) in [5, 5.41) is 20.6. The number of halogens is 2. The van der Waals surface area contributed by atoms with Crippen molar-refractivity contribution < 1.29 is 18.6 Å². The van der Waals surface area contributed by atoms with Gasteiger partial charge < -0.3 is 25.5 Å². The first-order valence-electron chi connectivity index (χ1n) is 9.11. The summed E-state index contributed by atoms with van der Waals surface area (Å²) in [4.78, 5) is 21.2. The van der Waals surface area contributed by atoms with Crippen molar-refractivity contribution in [2.45, 2.75) is 25.5 Å². The van der Waals surface area contributed by atoms with E-state index in [0.29, 0.717) is 5.95 Å². The van der Waals surface area contributed by atoms with Gasteiger partial charge in [-0.3, -0.25) is 9.78 Å². The van der Waals surface area contributed by atoms with E-state index in [1.807, 2.05) is 0 Å². The van der Waals surface area contributed by atoms with Gasteiger partial charge in [0.25, 0.3) is 5.56 Å². The van der Waals surface area contributed by atoms with Crippen molar-refractivity contribution >= 4 is 17.5 Å². The molecule has 0 aliphatic heterocycles. The van der Waals surface area contributed by atoms with E-state index in [1.54, 1.807) is 31.1 Å². The highest BCUT2D eigenvalue weighted by Gasteiger charge is 2.34. The molecule has 1 unspecified atom stereocenters. The van der Waals surface area contributed by atoms with Crippen molar-refractivity contribution in [2.75, 3.05) is 30.9 Å². The number of aromatic amines is 1.